The van der Waals surface area contributed by atoms with E-state index in [4.69, 9.17) is 4.74 Å². The molecule has 76 valence electrons. The van der Waals surface area contributed by atoms with Crippen LogP contribution in [-0.2, 0) is 11.3 Å². The predicted molar refractivity (Wildman–Crippen MR) is 52.7 cm³/mol. The molecule has 1 fully saturated rings. The summed E-state index contributed by atoms with van der Waals surface area (Å²) in [4.78, 5) is 8.12. The Morgan fingerprint density at radius 2 is 2.50 bits per heavy atom. The number of nitrogens with zero attached hydrogens (tertiary/aromatic N) is 2. The Hall–Kier alpha value is -1.00. The van der Waals surface area contributed by atoms with E-state index >= 15 is 0 Å². The minimum Gasteiger partial charge on any atom is -0.375 e. The van der Waals surface area contributed by atoms with Crippen LogP contribution in [0.5, 0.6) is 0 Å². The lowest BCUT2D eigenvalue weighted by molar-refractivity contribution is 0.0900. The molecular formula is C10H15N3O. The highest BCUT2D eigenvalue weighted by molar-refractivity contribution is 4.91. The smallest absolute Gasteiger partial charge is 0.0903 e. The van der Waals surface area contributed by atoms with E-state index in [9.17, 15) is 0 Å². The third-order valence-corrected chi connectivity index (χ3v) is 2.38. The van der Waals surface area contributed by atoms with E-state index in [0.29, 0.717) is 12.5 Å². The quantitative estimate of drug-likeness (QED) is 0.760. The SMILES string of the molecule is c1cnc(COCC2CCNC2)cn1. The van der Waals surface area contributed by atoms with Crippen molar-refractivity contribution < 1.29 is 4.74 Å². The first-order valence-corrected chi connectivity index (χ1v) is 4.98. The van der Waals surface area contributed by atoms with Crippen molar-refractivity contribution in [2.24, 2.45) is 5.92 Å². The van der Waals surface area contributed by atoms with E-state index in [1.807, 2.05) is 0 Å². The van der Waals surface area contributed by atoms with Gasteiger partial charge in [-0.1, -0.05) is 0 Å². The zero-order chi connectivity index (χ0) is 9.64. The summed E-state index contributed by atoms with van der Waals surface area (Å²) < 4.78 is 5.56. The Balaban J connectivity index is 1.67. The second-order valence-electron chi connectivity index (χ2n) is 3.57. The van der Waals surface area contributed by atoms with Gasteiger partial charge in [0.1, 0.15) is 0 Å². The van der Waals surface area contributed by atoms with E-state index in [0.717, 1.165) is 25.4 Å². The Labute approximate surface area is 83.7 Å². The number of ether oxygens (including phenoxy) is 1. The first-order valence-electron chi connectivity index (χ1n) is 4.98. The lowest BCUT2D eigenvalue weighted by Gasteiger charge is -2.08. The van der Waals surface area contributed by atoms with Gasteiger partial charge in [0.25, 0.3) is 0 Å². The average molecular weight is 193 g/mol. The highest BCUT2D eigenvalue weighted by Gasteiger charge is 2.13. The van der Waals surface area contributed by atoms with Gasteiger partial charge >= 0.3 is 0 Å². The maximum atomic E-state index is 5.56. The van der Waals surface area contributed by atoms with Crippen LogP contribution in [0, 0.1) is 5.92 Å². The molecule has 1 atom stereocenters. The Morgan fingerprint density at radius 3 is 3.21 bits per heavy atom. The number of rotatable bonds is 4. The average Bonchev–Trinajstić information content (AvgIpc) is 2.72. The standard InChI is InChI=1S/C10H15N3O/c1-2-11-5-9(1)7-14-8-10-6-12-3-4-13-10/h3-4,6,9,11H,1-2,5,7-8H2. The molecule has 0 amide bonds. The lowest BCUT2D eigenvalue weighted by atomic mass is 10.1. The fourth-order valence-corrected chi connectivity index (χ4v) is 1.59. The zero-order valence-corrected chi connectivity index (χ0v) is 8.15. The number of hydrogen-bond donors (Lipinski definition) is 1. The number of nitrogens with one attached hydrogen (secondary N) is 1. The molecular weight excluding hydrogens is 178 g/mol. The van der Waals surface area contributed by atoms with Crippen molar-refractivity contribution in [3.63, 3.8) is 0 Å². The van der Waals surface area contributed by atoms with Crippen LogP contribution in [0.1, 0.15) is 12.1 Å². The molecule has 0 radical (unpaired) electrons. The van der Waals surface area contributed by atoms with Crippen LogP contribution < -0.4 is 5.32 Å². The van der Waals surface area contributed by atoms with Crippen molar-refractivity contribution in [2.45, 2.75) is 13.0 Å². The summed E-state index contributed by atoms with van der Waals surface area (Å²) in [6.45, 7) is 3.60. The van der Waals surface area contributed by atoms with Crippen molar-refractivity contribution in [3.05, 3.63) is 24.3 Å². The predicted octanol–water partition coefficient (Wildman–Crippen LogP) is 0.603. The van der Waals surface area contributed by atoms with Crippen LogP contribution in [0.15, 0.2) is 18.6 Å². The maximum absolute atomic E-state index is 5.56. The number of hydrogen-bond acceptors (Lipinski definition) is 4. The van der Waals surface area contributed by atoms with Gasteiger partial charge in [0.2, 0.25) is 0 Å². The molecule has 2 rings (SSSR count). The molecule has 1 aromatic rings. The van der Waals surface area contributed by atoms with Gasteiger partial charge in [0, 0.05) is 18.9 Å². The molecule has 4 heteroatoms. The summed E-state index contributed by atoms with van der Waals surface area (Å²) in [7, 11) is 0. The van der Waals surface area contributed by atoms with Gasteiger partial charge < -0.3 is 10.1 Å². The van der Waals surface area contributed by atoms with Crippen molar-refractivity contribution >= 4 is 0 Å². The summed E-state index contributed by atoms with van der Waals surface area (Å²) in [5.74, 6) is 0.673. The topological polar surface area (TPSA) is 47.0 Å². The molecule has 0 aliphatic carbocycles. The van der Waals surface area contributed by atoms with Gasteiger partial charge in [-0.25, -0.2) is 0 Å². The summed E-state index contributed by atoms with van der Waals surface area (Å²) in [5, 5.41) is 3.31. The normalized spacial score (nSPS) is 21.3. The van der Waals surface area contributed by atoms with Gasteiger partial charge in [-0.05, 0) is 18.9 Å². The highest BCUT2D eigenvalue weighted by atomic mass is 16.5. The molecule has 14 heavy (non-hydrogen) atoms. The van der Waals surface area contributed by atoms with E-state index < -0.39 is 0 Å². The van der Waals surface area contributed by atoms with E-state index in [1.54, 1.807) is 18.6 Å². The third-order valence-electron chi connectivity index (χ3n) is 2.38. The lowest BCUT2D eigenvalue weighted by Crippen LogP contribution is -2.13. The van der Waals surface area contributed by atoms with Gasteiger partial charge in [-0.3, -0.25) is 9.97 Å². The van der Waals surface area contributed by atoms with Crippen molar-refractivity contribution in [1.82, 2.24) is 15.3 Å². The van der Waals surface area contributed by atoms with E-state index in [1.165, 1.54) is 6.42 Å². The number of aromatic nitrogens is 2. The highest BCUT2D eigenvalue weighted by Crippen LogP contribution is 2.08. The molecule has 1 saturated heterocycles. The molecule has 0 bridgehead atoms. The second kappa shape index (κ2) is 5.02. The molecule has 2 heterocycles. The summed E-state index contributed by atoms with van der Waals surface area (Å²) in [6, 6.07) is 0. The molecule has 1 N–H and O–H groups in total. The third kappa shape index (κ3) is 2.75. The minimum atomic E-state index is 0.574. The van der Waals surface area contributed by atoms with Crippen molar-refractivity contribution in [3.8, 4) is 0 Å². The van der Waals surface area contributed by atoms with Crippen LogP contribution in [0.2, 0.25) is 0 Å². The van der Waals surface area contributed by atoms with Crippen LogP contribution in [0.3, 0.4) is 0 Å². The first-order chi connectivity index (χ1) is 6.95. The molecule has 1 aromatic heterocycles. The Kier molecular flexibility index (Phi) is 3.43. The van der Waals surface area contributed by atoms with Gasteiger partial charge in [0.15, 0.2) is 0 Å². The second-order valence-corrected chi connectivity index (χ2v) is 3.57. The van der Waals surface area contributed by atoms with Crippen molar-refractivity contribution in [2.75, 3.05) is 19.7 Å². The van der Waals surface area contributed by atoms with E-state index in [2.05, 4.69) is 15.3 Å². The maximum Gasteiger partial charge on any atom is 0.0903 e. The molecule has 4 nitrogen and oxygen atoms in total. The summed E-state index contributed by atoms with van der Waals surface area (Å²) in [6.07, 6.45) is 6.33. The van der Waals surface area contributed by atoms with Crippen LogP contribution >= 0.6 is 0 Å². The van der Waals surface area contributed by atoms with Crippen molar-refractivity contribution in [1.29, 1.82) is 0 Å². The van der Waals surface area contributed by atoms with Gasteiger partial charge in [-0.15, -0.1) is 0 Å². The molecule has 1 unspecified atom stereocenters. The van der Waals surface area contributed by atoms with E-state index in [-0.39, 0.29) is 0 Å². The largest absolute Gasteiger partial charge is 0.375 e. The van der Waals surface area contributed by atoms with Crippen LogP contribution in [0.4, 0.5) is 0 Å². The molecule has 0 spiro atoms. The van der Waals surface area contributed by atoms with Crippen LogP contribution in [-0.4, -0.2) is 29.7 Å². The molecule has 0 saturated carbocycles. The Morgan fingerprint density at radius 1 is 1.50 bits per heavy atom. The van der Waals surface area contributed by atoms with Crippen LogP contribution in [0.25, 0.3) is 0 Å². The fraction of sp³-hybridized carbons (Fsp3) is 0.600. The monoisotopic (exact) mass is 193 g/mol. The minimum absolute atomic E-state index is 0.574. The van der Waals surface area contributed by atoms with Gasteiger partial charge in [0.05, 0.1) is 25.1 Å². The molecule has 0 aromatic carbocycles. The Bertz CT molecular complexity index is 259. The fourth-order valence-electron chi connectivity index (χ4n) is 1.59. The zero-order valence-electron chi connectivity index (χ0n) is 8.15. The molecule has 1 aliphatic rings. The summed E-state index contributed by atoms with van der Waals surface area (Å²) in [5.41, 5.74) is 0.901. The van der Waals surface area contributed by atoms with Gasteiger partial charge in [-0.2, -0.15) is 0 Å². The molecule has 1 aliphatic heterocycles. The summed E-state index contributed by atoms with van der Waals surface area (Å²) >= 11 is 0. The first kappa shape index (κ1) is 9.55.